The molecular weight excluding hydrogens is 528 g/mol. The van der Waals surface area contributed by atoms with E-state index in [1.54, 1.807) is 0 Å². The quantitative estimate of drug-likeness (QED) is 0.175. The summed E-state index contributed by atoms with van der Waals surface area (Å²) in [5, 5.41) is 0. The van der Waals surface area contributed by atoms with Crippen molar-refractivity contribution >= 4 is 0 Å². The summed E-state index contributed by atoms with van der Waals surface area (Å²) in [5.74, 6) is -22.7. The van der Waals surface area contributed by atoms with Crippen molar-refractivity contribution in [2.75, 3.05) is 14.2 Å². The minimum absolute atomic E-state index is 0.0805. The number of halogens is 8. The van der Waals surface area contributed by atoms with E-state index in [-0.39, 0.29) is 23.0 Å². The summed E-state index contributed by atoms with van der Waals surface area (Å²) in [7, 11) is 2.35. The van der Waals surface area contributed by atoms with Crippen molar-refractivity contribution in [2.24, 2.45) is 0 Å². The Balaban J connectivity index is 1.87. The topological polar surface area (TPSA) is 36.9 Å². The summed E-state index contributed by atoms with van der Waals surface area (Å²) in [4.78, 5) is 0. The van der Waals surface area contributed by atoms with Crippen LogP contribution in [0.3, 0.4) is 0 Å². The van der Waals surface area contributed by atoms with Gasteiger partial charge < -0.3 is 18.9 Å². The number of para-hydroxylation sites is 4. The maximum atomic E-state index is 14.9. The van der Waals surface area contributed by atoms with Gasteiger partial charge in [0.1, 0.15) is 0 Å². The molecule has 198 valence electrons. The third-order valence-electron chi connectivity index (χ3n) is 5.26. The van der Waals surface area contributed by atoms with Crippen LogP contribution < -0.4 is 18.9 Å². The third-order valence-corrected chi connectivity index (χ3v) is 5.26. The highest BCUT2D eigenvalue weighted by Gasteiger charge is 2.36. The summed E-state index contributed by atoms with van der Waals surface area (Å²) in [5.41, 5.74) is -4.10. The van der Waals surface area contributed by atoms with Gasteiger partial charge in [-0.3, -0.25) is 0 Å². The van der Waals surface area contributed by atoms with Crippen LogP contribution in [0.5, 0.6) is 34.5 Å². The molecule has 4 nitrogen and oxygen atoms in total. The zero-order valence-electron chi connectivity index (χ0n) is 19.3. The highest BCUT2D eigenvalue weighted by Crippen LogP contribution is 2.44. The summed E-state index contributed by atoms with van der Waals surface area (Å²) in [6.07, 6.45) is 0. The second-order valence-corrected chi connectivity index (χ2v) is 7.43. The van der Waals surface area contributed by atoms with E-state index in [0.717, 1.165) is 12.1 Å². The van der Waals surface area contributed by atoms with Gasteiger partial charge in [0, 0.05) is 0 Å². The van der Waals surface area contributed by atoms with Gasteiger partial charge in [0.15, 0.2) is 46.3 Å². The van der Waals surface area contributed by atoms with Gasteiger partial charge in [-0.25, -0.2) is 17.6 Å². The molecule has 0 saturated carbocycles. The largest absolute Gasteiger partial charge is 0.493 e. The van der Waals surface area contributed by atoms with E-state index >= 15 is 0 Å². The minimum Gasteiger partial charge on any atom is -0.493 e. The predicted octanol–water partition coefficient (Wildman–Crippen LogP) is 8.07. The van der Waals surface area contributed by atoms with E-state index in [0.29, 0.717) is 0 Å². The van der Waals surface area contributed by atoms with Crippen LogP contribution in [0, 0.1) is 46.5 Å². The molecule has 0 aliphatic heterocycles. The van der Waals surface area contributed by atoms with Gasteiger partial charge in [0.25, 0.3) is 0 Å². The van der Waals surface area contributed by atoms with Crippen molar-refractivity contribution < 1.29 is 54.1 Å². The second-order valence-electron chi connectivity index (χ2n) is 7.43. The number of benzene rings is 4. The smallest absolute Gasteiger partial charge is 0.205 e. The van der Waals surface area contributed by atoms with Gasteiger partial charge in [0.2, 0.25) is 34.8 Å². The van der Waals surface area contributed by atoms with Crippen LogP contribution in [0.4, 0.5) is 35.1 Å². The lowest BCUT2D eigenvalue weighted by atomic mass is 10.0. The Morgan fingerprint density at radius 1 is 0.395 bits per heavy atom. The van der Waals surface area contributed by atoms with Crippen LogP contribution in [0.1, 0.15) is 0 Å². The summed E-state index contributed by atoms with van der Waals surface area (Å²) in [6.45, 7) is 0. The summed E-state index contributed by atoms with van der Waals surface area (Å²) < 4.78 is 139. The molecule has 0 N–H and O–H groups in total. The molecule has 0 amide bonds. The molecule has 0 spiro atoms. The van der Waals surface area contributed by atoms with Gasteiger partial charge in [-0.2, -0.15) is 17.6 Å². The average molecular weight is 542 g/mol. The Morgan fingerprint density at radius 2 is 0.658 bits per heavy atom. The molecule has 0 aliphatic carbocycles. The van der Waals surface area contributed by atoms with Crippen molar-refractivity contribution in [1.29, 1.82) is 0 Å². The van der Waals surface area contributed by atoms with Crippen molar-refractivity contribution in [3.8, 4) is 45.6 Å². The van der Waals surface area contributed by atoms with E-state index in [2.05, 4.69) is 0 Å². The lowest BCUT2D eigenvalue weighted by Gasteiger charge is -2.17. The Kier molecular flexibility index (Phi) is 7.33. The Hall–Kier alpha value is -4.48. The first-order chi connectivity index (χ1) is 18.1. The lowest BCUT2D eigenvalue weighted by molar-refractivity contribution is 0.338. The van der Waals surface area contributed by atoms with Crippen molar-refractivity contribution in [3.05, 3.63) is 95.1 Å². The fraction of sp³-hybridized carbons (Fsp3) is 0.0769. The molecule has 0 bridgehead atoms. The molecule has 4 aromatic carbocycles. The molecule has 4 rings (SSSR count). The fourth-order valence-electron chi connectivity index (χ4n) is 3.47. The van der Waals surface area contributed by atoms with Crippen LogP contribution in [-0.4, -0.2) is 14.2 Å². The SMILES string of the molecule is COc1ccccc1Oc1c(F)c(F)c(-c2c(F)c(F)c(Oc3ccccc3OC)c(F)c2F)c(F)c1F. The van der Waals surface area contributed by atoms with Gasteiger partial charge in [-0.15, -0.1) is 0 Å². The highest BCUT2D eigenvalue weighted by atomic mass is 19.2. The van der Waals surface area contributed by atoms with Crippen LogP contribution in [-0.2, 0) is 0 Å². The normalized spacial score (nSPS) is 10.9. The highest BCUT2D eigenvalue weighted by molar-refractivity contribution is 5.69. The van der Waals surface area contributed by atoms with Crippen LogP contribution in [0.25, 0.3) is 11.1 Å². The van der Waals surface area contributed by atoms with Gasteiger partial charge in [-0.1, -0.05) is 24.3 Å². The van der Waals surface area contributed by atoms with Crippen LogP contribution >= 0.6 is 0 Å². The molecule has 0 aromatic heterocycles. The number of rotatable bonds is 7. The van der Waals surface area contributed by atoms with Crippen molar-refractivity contribution in [2.45, 2.75) is 0 Å². The summed E-state index contributed by atoms with van der Waals surface area (Å²) in [6, 6.07) is 10.5. The fourth-order valence-corrected chi connectivity index (χ4v) is 3.47. The zero-order valence-corrected chi connectivity index (χ0v) is 19.3. The molecule has 0 unspecified atom stereocenters. The van der Waals surface area contributed by atoms with Gasteiger partial charge >= 0.3 is 0 Å². The maximum Gasteiger partial charge on any atom is 0.205 e. The maximum absolute atomic E-state index is 14.9. The van der Waals surface area contributed by atoms with Crippen molar-refractivity contribution in [3.63, 3.8) is 0 Å². The molecule has 4 aromatic rings. The van der Waals surface area contributed by atoms with Gasteiger partial charge in [-0.05, 0) is 24.3 Å². The first kappa shape index (κ1) is 26.6. The van der Waals surface area contributed by atoms with E-state index < -0.39 is 69.2 Å². The predicted molar refractivity (Wildman–Crippen MR) is 118 cm³/mol. The summed E-state index contributed by atoms with van der Waals surface area (Å²) >= 11 is 0. The van der Waals surface area contributed by atoms with Gasteiger partial charge in [0.05, 0.1) is 25.3 Å². The first-order valence-corrected chi connectivity index (χ1v) is 10.5. The molecule has 0 atom stereocenters. The Labute approximate surface area is 209 Å². The Bertz CT molecular complexity index is 1370. The lowest BCUT2D eigenvalue weighted by Crippen LogP contribution is -2.09. The number of methoxy groups -OCH3 is 2. The van der Waals surface area contributed by atoms with E-state index in [4.69, 9.17) is 18.9 Å². The van der Waals surface area contributed by atoms with Crippen molar-refractivity contribution in [1.82, 2.24) is 0 Å². The number of hydrogen-bond acceptors (Lipinski definition) is 4. The van der Waals surface area contributed by atoms with E-state index in [1.807, 2.05) is 0 Å². The Morgan fingerprint density at radius 3 is 0.921 bits per heavy atom. The monoisotopic (exact) mass is 542 g/mol. The van der Waals surface area contributed by atoms with Crippen LogP contribution in [0.2, 0.25) is 0 Å². The molecule has 12 heteroatoms. The van der Waals surface area contributed by atoms with E-state index in [9.17, 15) is 35.1 Å². The van der Waals surface area contributed by atoms with Crippen LogP contribution in [0.15, 0.2) is 48.5 Å². The average Bonchev–Trinajstić information content (AvgIpc) is 2.93. The number of hydrogen-bond donors (Lipinski definition) is 0. The molecule has 0 heterocycles. The second kappa shape index (κ2) is 10.5. The minimum atomic E-state index is -2.39. The first-order valence-electron chi connectivity index (χ1n) is 10.5. The molecule has 0 radical (unpaired) electrons. The van der Waals surface area contributed by atoms with E-state index in [1.165, 1.54) is 50.6 Å². The third kappa shape index (κ3) is 4.42. The molecular formula is C26H14F8O4. The number of ether oxygens (including phenoxy) is 4. The molecule has 0 saturated heterocycles. The molecule has 0 fully saturated rings. The zero-order chi connectivity index (χ0) is 27.7. The molecule has 38 heavy (non-hydrogen) atoms. The molecule has 0 aliphatic rings. The standard InChI is InChI=1S/C26H14F8O4/c1-35-11-7-3-5-9-13(11)37-25-21(31)17(27)15(18(28)22(25)32)16-19(29)23(33)26(24(34)20(16)30)38-14-10-6-4-8-12(14)36-2/h3-10H,1-2H3.